The predicted molar refractivity (Wildman–Crippen MR) is 263 cm³/mol. The summed E-state index contributed by atoms with van der Waals surface area (Å²) in [4.78, 5) is 2.24. The summed E-state index contributed by atoms with van der Waals surface area (Å²) in [6.45, 7) is 24.8. The minimum atomic E-state index is 1.12. The molecule has 7 rings (SSSR count). The van der Waals surface area contributed by atoms with Crippen molar-refractivity contribution < 1.29 is 0 Å². The SMILES string of the molecule is C=C/C=C\C(=C/C)N(c1ccccc1)c1ccc(C)cc1.CC.Cc1ccc(-c2cccc(C)c2-c2ccccc2C)cc1C.Cc1ccccc1.Cc1ccccc1. The summed E-state index contributed by atoms with van der Waals surface area (Å²) in [7, 11) is 0. The van der Waals surface area contributed by atoms with E-state index in [0.717, 1.165) is 17.1 Å². The number of hydrogen-bond acceptors (Lipinski definition) is 1. The van der Waals surface area contributed by atoms with Crippen molar-refractivity contribution in [2.45, 2.75) is 69.2 Å². The van der Waals surface area contributed by atoms with E-state index in [-0.39, 0.29) is 0 Å². The van der Waals surface area contributed by atoms with Crippen LogP contribution in [0.2, 0.25) is 0 Å². The second kappa shape index (κ2) is 25.7. The third-order valence-corrected chi connectivity index (χ3v) is 9.65. The molecule has 0 aliphatic heterocycles. The lowest BCUT2D eigenvalue weighted by Gasteiger charge is -2.26. The van der Waals surface area contributed by atoms with Crippen molar-refractivity contribution in [3.8, 4) is 22.3 Å². The van der Waals surface area contributed by atoms with Gasteiger partial charge in [0.05, 0.1) is 0 Å². The molecule has 0 fully saturated rings. The van der Waals surface area contributed by atoms with E-state index >= 15 is 0 Å². The van der Waals surface area contributed by atoms with Crippen LogP contribution in [0.3, 0.4) is 0 Å². The van der Waals surface area contributed by atoms with Crippen molar-refractivity contribution in [1.29, 1.82) is 0 Å². The molecule has 7 aromatic carbocycles. The molecule has 0 bridgehead atoms. The Balaban J connectivity index is 0.000000231. The zero-order valence-electron chi connectivity index (χ0n) is 37.2. The van der Waals surface area contributed by atoms with E-state index in [1.807, 2.05) is 69.3 Å². The second-order valence-electron chi connectivity index (χ2n) is 14.2. The van der Waals surface area contributed by atoms with E-state index in [1.165, 1.54) is 61.2 Å². The minimum absolute atomic E-state index is 1.12. The number of para-hydroxylation sites is 1. The zero-order valence-corrected chi connectivity index (χ0v) is 37.2. The first-order valence-electron chi connectivity index (χ1n) is 20.8. The largest absolute Gasteiger partial charge is 0.311 e. The normalized spacial score (nSPS) is 10.3. The van der Waals surface area contributed by atoms with Gasteiger partial charge in [0, 0.05) is 17.1 Å². The van der Waals surface area contributed by atoms with E-state index in [0.29, 0.717) is 0 Å². The molecule has 0 unspecified atom stereocenters. The number of aryl methyl sites for hydroxylation is 7. The Morgan fingerprint density at radius 3 is 1.41 bits per heavy atom. The van der Waals surface area contributed by atoms with Gasteiger partial charge in [-0.2, -0.15) is 0 Å². The summed E-state index contributed by atoms with van der Waals surface area (Å²) in [5, 5.41) is 0. The lowest BCUT2D eigenvalue weighted by Crippen LogP contribution is -2.14. The number of anilines is 2. The lowest BCUT2D eigenvalue weighted by atomic mass is 9.88. The quantitative estimate of drug-likeness (QED) is 0.146. The van der Waals surface area contributed by atoms with Crippen molar-refractivity contribution in [1.82, 2.24) is 0 Å². The highest BCUT2D eigenvalue weighted by molar-refractivity contribution is 5.87. The zero-order chi connectivity index (χ0) is 43.0. The lowest BCUT2D eigenvalue weighted by molar-refractivity contribution is 1.20. The molecule has 7 aromatic rings. The molecule has 0 aromatic heterocycles. The third kappa shape index (κ3) is 15.1. The first-order chi connectivity index (χ1) is 28.6. The Bertz CT molecular complexity index is 2270. The van der Waals surface area contributed by atoms with Gasteiger partial charge >= 0.3 is 0 Å². The molecule has 1 nitrogen and oxygen atoms in total. The number of nitrogens with zero attached hydrogens (tertiary/aromatic N) is 1. The molecule has 0 amide bonds. The van der Waals surface area contributed by atoms with Crippen LogP contribution in [0.25, 0.3) is 22.3 Å². The highest BCUT2D eigenvalue weighted by Gasteiger charge is 2.13. The fourth-order valence-corrected chi connectivity index (χ4v) is 6.28. The van der Waals surface area contributed by atoms with Crippen LogP contribution in [0, 0.1) is 48.5 Å². The molecule has 302 valence electrons. The summed E-state index contributed by atoms with van der Waals surface area (Å²) in [5.74, 6) is 0. The molecule has 1 heteroatoms. The van der Waals surface area contributed by atoms with Crippen LogP contribution < -0.4 is 4.90 Å². The molecule has 0 N–H and O–H groups in total. The van der Waals surface area contributed by atoms with Crippen molar-refractivity contribution in [2.24, 2.45) is 0 Å². The van der Waals surface area contributed by atoms with Crippen LogP contribution in [0.15, 0.2) is 213 Å². The molecule has 59 heavy (non-hydrogen) atoms. The first-order valence-corrected chi connectivity index (χ1v) is 20.8. The summed E-state index contributed by atoms with van der Waals surface area (Å²) in [6, 6.07) is 61.4. The van der Waals surface area contributed by atoms with Gasteiger partial charge < -0.3 is 4.90 Å². The third-order valence-electron chi connectivity index (χ3n) is 9.65. The van der Waals surface area contributed by atoms with E-state index in [2.05, 4.69) is 206 Å². The van der Waals surface area contributed by atoms with Crippen LogP contribution in [0.4, 0.5) is 11.4 Å². The first kappa shape index (κ1) is 46.9. The molecule has 0 heterocycles. The average Bonchev–Trinajstić information content (AvgIpc) is 3.26. The molecule has 0 saturated carbocycles. The Labute approximate surface area is 357 Å². The van der Waals surface area contributed by atoms with Gasteiger partial charge in [-0.1, -0.05) is 207 Å². The maximum Gasteiger partial charge on any atom is 0.0461 e. The molecule has 0 aliphatic rings. The van der Waals surface area contributed by atoms with Crippen molar-refractivity contribution in [3.05, 3.63) is 251 Å². The smallest absolute Gasteiger partial charge is 0.0461 e. The van der Waals surface area contributed by atoms with Gasteiger partial charge in [-0.3, -0.25) is 0 Å². The van der Waals surface area contributed by atoms with E-state index in [1.54, 1.807) is 6.08 Å². The summed E-state index contributed by atoms with van der Waals surface area (Å²) < 4.78 is 0. The molecule has 0 atom stereocenters. The maximum atomic E-state index is 3.75. The fraction of sp³-hybridized carbons (Fsp3) is 0.172. The number of benzene rings is 7. The molecule has 0 radical (unpaired) electrons. The molecule has 0 saturated heterocycles. The van der Waals surface area contributed by atoms with Gasteiger partial charge in [0.1, 0.15) is 0 Å². The van der Waals surface area contributed by atoms with E-state index < -0.39 is 0 Å². The average molecular weight is 776 g/mol. The van der Waals surface area contributed by atoms with Gasteiger partial charge in [-0.05, 0) is 130 Å². The van der Waals surface area contributed by atoms with Gasteiger partial charge in [-0.25, -0.2) is 0 Å². The van der Waals surface area contributed by atoms with Gasteiger partial charge in [-0.15, -0.1) is 0 Å². The highest BCUT2D eigenvalue weighted by atomic mass is 15.1. The van der Waals surface area contributed by atoms with Gasteiger partial charge in [0.25, 0.3) is 0 Å². The molecule has 0 aliphatic carbocycles. The number of hydrogen-bond donors (Lipinski definition) is 0. The van der Waals surface area contributed by atoms with Crippen molar-refractivity contribution in [3.63, 3.8) is 0 Å². The monoisotopic (exact) mass is 776 g/mol. The molecule has 0 spiro atoms. The Morgan fingerprint density at radius 2 is 0.915 bits per heavy atom. The minimum Gasteiger partial charge on any atom is -0.311 e. The summed E-state index contributed by atoms with van der Waals surface area (Å²) in [6.07, 6.45) is 7.92. The number of rotatable bonds is 7. The molecular formula is C58H65N. The Hall–Kier alpha value is -6.44. The standard InChI is InChI=1S/C22H22.C20H21N.2C7H8.C2H6/c1-15-12-13-19(14-18(15)4)21-11-7-9-17(3)22(21)20-10-6-5-8-16(20)2;1-4-6-10-18(5-2)21(19-11-8-7-9-12-19)20-15-13-17(3)14-16-20;2*1-7-5-3-2-4-6-7;1-2/h5-14H,1-4H3;4-16H,1H2,2-3H3;2*2-6H,1H3;1-2H3/b;10-6-,18-5+;;;. The van der Waals surface area contributed by atoms with Crippen LogP contribution >= 0.6 is 0 Å². The predicted octanol–water partition coefficient (Wildman–Crippen LogP) is 17.0. The topological polar surface area (TPSA) is 3.24 Å². The molecular weight excluding hydrogens is 711 g/mol. The Morgan fingerprint density at radius 1 is 0.441 bits per heavy atom. The van der Waals surface area contributed by atoms with Crippen molar-refractivity contribution in [2.75, 3.05) is 4.90 Å². The van der Waals surface area contributed by atoms with E-state index in [9.17, 15) is 0 Å². The van der Waals surface area contributed by atoms with Crippen molar-refractivity contribution >= 4 is 11.4 Å². The summed E-state index contributed by atoms with van der Waals surface area (Å²) in [5.41, 5.74) is 17.9. The number of allylic oxidation sites excluding steroid dienone is 4. The van der Waals surface area contributed by atoms with Crippen LogP contribution in [-0.2, 0) is 0 Å². The van der Waals surface area contributed by atoms with Gasteiger partial charge in [0.2, 0.25) is 0 Å². The van der Waals surface area contributed by atoms with Crippen LogP contribution in [-0.4, -0.2) is 0 Å². The second-order valence-corrected chi connectivity index (χ2v) is 14.2. The highest BCUT2D eigenvalue weighted by Crippen LogP contribution is 2.37. The van der Waals surface area contributed by atoms with E-state index in [4.69, 9.17) is 0 Å². The van der Waals surface area contributed by atoms with Crippen LogP contribution in [0.5, 0.6) is 0 Å². The Kier molecular flexibility index (Phi) is 20.5. The van der Waals surface area contributed by atoms with Gasteiger partial charge in [0.15, 0.2) is 0 Å². The fourth-order valence-electron chi connectivity index (χ4n) is 6.28. The maximum absolute atomic E-state index is 3.75. The summed E-state index contributed by atoms with van der Waals surface area (Å²) >= 11 is 0. The van der Waals surface area contributed by atoms with Crippen LogP contribution in [0.1, 0.15) is 59.7 Å².